The molecule has 0 saturated carbocycles. The number of alkyl halides is 3. The lowest BCUT2D eigenvalue weighted by molar-refractivity contribution is -0.0500. The fraction of sp³-hybridized carbons (Fsp3) is 0.455. The standard InChI is InChI=1S/C11H13F3O3S/c1-4-10-7(2)5-9(6-8(10)3)17-18(15,16)11(12,13)14/h5-6H,4H2,1-3H3. The second-order valence-corrected chi connectivity index (χ2v) is 5.41. The van der Waals surface area contributed by atoms with E-state index in [0.717, 1.165) is 5.56 Å². The predicted octanol–water partition coefficient (Wildman–Crippen LogP) is 3.09. The molecule has 0 aromatic heterocycles. The summed E-state index contributed by atoms with van der Waals surface area (Å²) in [5, 5.41) is 0. The largest absolute Gasteiger partial charge is 0.534 e. The summed E-state index contributed by atoms with van der Waals surface area (Å²) < 4.78 is 62.2. The van der Waals surface area contributed by atoms with E-state index in [1.807, 2.05) is 6.92 Å². The van der Waals surface area contributed by atoms with Crippen molar-refractivity contribution >= 4 is 10.1 Å². The molecule has 0 bridgehead atoms. The van der Waals surface area contributed by atoms with Gasteiger partial charge in [0.2, 0.25) is 0 Å². The van der Waals surface area contributed by atoms with Crippen LogP contribution in [0, 0.1) is 13.8 Å². The van der Waals surface area contributed by atoms with Crippen LogP contribution in [-0.4, -0.2) is 13.9 Å². The van der Waals surface area contributed by atoms with Crippen molar-refractivity contribution in [1.29, 1.82) is 0 Å². The summed E-state index contributed by atoms with van der Waals surface area (Å²) in [6.45, 7) is 5.29. The number of rotatable bonds is 3. The molecule has 0 aliphatic carbocycles. The molecule has 0 heterocycles. The van der Waals surface area contributed by atoms with Gasteiger partial charge in [-0.15, -0.1) is 0 Å². The van der Waals surface area contributed by atoms with Crippen molar-refractivity contribution in [2.24, 2.45) is 0 Å². The first-order valence-corrected chi connectivity index (χ1v) is 6.60. The minimum atomic E-state index is -5.60. The van der Waals surface area contributed by atoms with E-state index in [1.165, 1.54) is 12.1 Å². The van der Waals surface area contributed by atoms with Crippen molar-refractivity contribution in [1.82, 2.24) is 0 Å². The van der Waals surface area contributed by atoms with E-state index in [0.29, 0.717) is 17.5 Å². The number of hydrogen-bond acceptors (Lipinski definition) is 3. The summed E-state index contributed by atoms with van der Waals surface area (Å²) >= 11 is 0. The summed E-state index contributed by atoms with van der Waals surface area (Å²) in [6, 6.07) is 2.57. The van der Waals surface area contributed by atoms with Crippen LogP contribution in [0.1, 0.15) is 23.6 Å². The summed E-state index contributed by atoms with van der Waals surface area (Å²) in [5.41, 5.74) is -3.06. The molecule has 102 valence electrons. The highest BCUT2D eigenvalue weighted by Crippen LogP contribution is 2.29. The smallest absolute Gasteiger partial charge is 0.376 e. The van der Waals surface area contributed by atoms with Gasteiger partial charge in [0, 0.05) is 0 Å². The molecule has 1 aromatic carbocycles. The zero-order chi connectivity index (χ0) is 14.1. The average molecular weight is 282 g/mol. The third-order valence-corrected chi connectivity index (χ3v) is 3.49. The Hall–Kier alpha value is -1.24. The van der Waals surface area contributed by atoms with Crippen LogP contribution in [0.2, 0.25) is 0 Å². The zero-order valence-electron chi connectivity index (χ0n) is 10.1. The van der Waals surface area contributed by atoms with E-state index in [-0.39, 0.29) is 5.75 Å². The molecule has 0 spiro atoms. The Morgan fingerprint density at radius 1 is 1.17 bits per heavy atom. The number of aryl methyl sites for hydroxylation is 2. The van der Waals surface area contributed by atoms with Gasteiger partial charge in [-0.2, -0.15) is 21.6 Å². The van der Waals surface area contributed by atoms with Gasteiger partial charge in [-0.1, -0.05) is 6.92 Å². The molecule has 0 fully saturated rings. The molecule has 0 atom stereocenters. The molecule has 1 aromatic rings. The Balaban J connectivity index is 3.16. The Labute approximate surface area is 104 Å². The highest BCUT2D eigenvalue weighted by molar-refractivity contribution is 7.87. The van der Waals surface area contributed by atoms with Crippen LogP contribution >= 0.6 is 0 Å². The van der Waals surface area contributed by atoms with Crippen molar-refractivity contribution in [3.05, 3.63) is 28.8 Å². The minimum Gasteiger partial charge on any atom is -0.376 e. The molecule has 0 N–H and O–H groups in total. The maximum atomic E-state index is 12.2. The highest BCUT2D eigenvalue weighted by Gasteiger charge is 2.48. The van der Waals surface area contributed by atoms with E-state index in [9.17, 15) is 21.6 Å². The van der Waals surface area contributed by atoms with Crippen LogP contribution in [0.4, 0.5) is 13.2 Å². The van der Waals surface area contributed by atoms with Crippen molar-refractivity contribution < 1.29 is 25.8 Å². The van der Waals surface area contributed by atoms with Gasteiger partial charge in [0.15, 0.2) is 0 Å². The monoisotopic (exact) mass is 282 g/mol. The first-order valence-electron chi connectivity index (χ1n) is 5.19. The summed E-state index contributed by atoms with van der Waals surface area (Å²) in [5.74, 6) is -0.320. The average Bonchev–Trinajstić information content (AvgIpc) is 2.14. The second kappa shape index (κ2) is 4.79. The summed E-state index contributed by atoms with van der Waals surface area (Å²) in [6.07, 6.45) is 0.712. The van der Waals surface area contributed by atoms with Gasteiger partial charge in [0.25, 0.3) is 0 Å². The van der Waals surface area contributed by atoms with Crippen molar-refractivity contribution in [3.63, 3.8) is 0 Å². The van der Waals surface area contributed by atoms with Gasteiger partial charge in [-0.25, -0.2) is 0 Å². The third kappa shape index (κ3) is 2.95. The topological polar surface area (TPSA) is 43.4 Å². The number of halogens is 3. The van der Waals surface area contributed by atoms with Crippen LogP contribution in [0.3, 0.4) is 0 Å². The van der Waals surface area contributed by atoms with Crippen molar-refractivity contribution in [2.45, 2.75) is 32.7 Å². The number of benzene rings is 1. The van der Waals surface area contributed by atoms with Crippen molar-refractivity contribution in [2.75, 3.05) is 0 Å². The summed E-state index contributed by atoms with van der Waals surface area (Å²) in [7, 11) is -5.60. The Bertz CT molecular complexity index is 524. The Morgan fingerprint density at radius 3 is 1.94 bits per heavy atom. The lowest BCUT2D eigenvalue weighted by Crippen LogP contribution is -2.28. The Morgan fingerprint density at radius 2 is 1.61 bits per heavy atom. The van der Waals surface area contributed by atoms with Crippen LogP contribution in [0.25, 0.3) is 0 Å². The minimum absolute atomic E-state index is 0.320. The maximum Gasteiger partial charge on any atom is 0.534 e. The molecule has 0 radical (unpaired) electrons. The van der Waals surface area contributed by atoms with Gasteiger partial charge in [0.1, 0.15) is 5.75 Å². The van der Waals surface area contributed by atoms with Crippen LogP contribution in [0.15, 0.2) is 12.1 Å². The third-order valence-electron chi connectivity index (χ3n) is 2.51. The fourth-order valence-corrected chi connectivity index (χ4v) is 2.18. The molecule has 0 saturated heterocycles. The normalized spacial score (nSPS) is 12.6. The van der Waals surface area contributed by atoms with Crippen LogP contribution in [0.5, 0.6) is 5.75 Å². The second-order valence-electron chi connectivity index (χ2n) is 3.87. The van der Waals surface area contributed by atoms with E-state index in [2.05, 4.69) is 4.18 Å². The molecular weight excluding hydrogens is 269 g/mol. The highest BCUT2D eigenvalue weighted by atomic mass is 32.2. The van der Waals surface area contributed by atoms with Gasteiger partial charge < -0.3 is 4.18 Å². The quantitative estimate of drug-likeness (QED) is 0.632. The first kappa shape index (κ1) is 14.8. The van der Waals surface area contributed by atoms with Gasteiger partial charge in [-0.3, -0.25) is 0 Å². The van der Waals surface area contributed by atoms with Gasteiger partial charge in [-0.05, 0) is 49.1 Å². The molecule has 3 nitrogen and oxygen atoms in total. The molecule has 0 aliphatic rings. The fourth-order valence-electron chi connectivity index (χ4n) is 1.73. The van der Waals surface area contributed by atoms with E-state index in [1.54, 1.807) is 13.8 Å². The summed E-state index contributed by atoms with van der Waals surface area (Å²) in [4.78, 5) is 0. The van der Waals surface area contributed by atoms with Crippen molar-refractivity contribution in [3.8, 4) is 5.75 Å². The molecule has 18 heavy (non-hydrogen) atoms. The molecule has 7 heteroatoms. The van der Waals surface area contributed by atoms with Crippen LogP contribution in [-0.2, 0) is 16.5 Å². The zero-order valence-corrected chi connectivity index (χ0v) is 10.9. The maximum absolute atomic E-state index is 12.2. The first-order chi connectivity index (χ1) is 8.08. The van der Waals surface area contributed by atoms with Gasteiger partial charge in [0.05, 0.1) is 0 Å². The lowest BCUT2D eigenvalue weighted by atomic mass is 10.0. The van der Waals surface area contributed by atoms with E-state index in [4.69, 9.17) is 0 Å². The Kier molecular flexibility index (Phi) is 3.95. The van der Waals surface area contributed by atoms with Crippen LogP contribution < -0.4 is 4.18 Å². The molecule has 0 aliphatic heterocycles. The molecule has 0 amide bonds. The predicted molar refractivity (Wildman–Crippen MR) is 60.9 cm³/mol. The van der Waals surface area contributed by atoms with E-state index >= 15 is 0 Å². The number of hydrogen-bond donors (Lipinski definition) is 0. The van der Waals surface area contributed by atoms with E-state index < -0.39 is 15.6 Å². The molecule has 0 unspecified atom stereocenters. The van der Waals surface area contributed by atoms with Gasteiger partial charge >= 0.3 is 15.6 Å². The lowest BCUT2D eigenvalue weighted by Gasteiger charge is -2.13. The molecular formula is C11H13F3O3S. The molecule has 1 rings (SSSR count). The SMILES string of the molecule is CCc1c(C)cc(OS(=O)(=O)C(F)(F)F)cc1C.